The minimum Gasteiger partial charge on any atom is -0.314 e. The topological polar surface area (TPSA) is 18.5 Å². The van der Waals surface area contributed by atoms with Gasteiger partial charge in [0, 0.05) is 38.8 Å². The molecule has 1 saturated heterocycles. The molecule has 3 heteroatoms. The first-order valence-corrected chi connectivity index (χ1v) is 7.24. The first kappa shape index (κ1) is 14.5. The average Bonchev–Trinajstić information content (AvgIpc) is 2.38. The fourth-order valence-electron chi connectivity index (χ4n) is 2.88. The number of hydrogen-bond acceptors (Lipinski definition) is 3. The van der Waals surface area contributed by atoms with Gasteiger partial charge in [0.25, 0.3) is 0 Å². The maximum absolute atomic E-state index is 3.42. The summed E-state index contributed by atoms with van der Waals surface area (Å²) in [6.07, 6.45) is 0. The van der Waals surface area contributed by atoms with Crippen LogP contribution in [0.2, 0.25) is 0 Å². The first-order valence-electron chi connectivity index (χ1n) is 7.24. The van der Waals surface area contributed by atoms with E-state index in [4.69, 9.17) is 0 Å². The molecule has 0 spiro atoms. The molecular weight excluding hydrogens is 234 g/mol. The Morgan fingerprint density at radius 1 is 1.21 bits per heavy atom. The molecule has 1 aromatic carbocycles. The molecule has 0 saturated carbocycles. The molecule has 1 heterocycles. The summed E-state index contributed by atoms with van der Waals surface area (Å²) in [6.45, 7) is 10.1. The van der Waals surface area contributed by atoms with Crippen molar-refractivity contribution in [3.8, 4) is 0 Å². The summed E-state index contributed by atoms with van der Waals surface area (Å²) in [5, 5.41) is 3.42. The maximum Gasteiger partial charge on any atom is 0.0472 e. The number of nitrogens with one attached hydrogen (secondary N) is 1. The standard InChI is InChI=1S/C16H27N3/c1-13-5-6-15(14(2)11-13)16(18(3)4)12-19-9-7-17-8-10-19/h5-6,11,16-17H,7-10,12H2,1-4H3. The smallest absolute Gasteiger partial charge is 0.0472 e. The second-order valence-corrected chi connectivity index (χ2v) is 5.89. The Morgan fingerprint density at radius 3 is 2.47 bits per heavy atom. The largest absolute Gasteiger partial charge is 0.314 e. The van der Waals surface area contributed by atoms with Crippen LogP contribution < -0.4 is 5.32 Å². The van der Waals surface area contributed by atoms with Crippen molar-refractivity contribution < 1.29 is 0 Å². The van der Waals surface area contributed by atoms with Gasteiger partial charge in [-0.2, -0.15) is 0 Å². The lowest BCUT2D eigenvalue weighted by atomic mass is 9.98. The van der Waals surface area contributed by atoms with E-state index >= 15 is 0 Å². The SMILES string of the molecule is Cc1ccc(C(CN2CCNCC2)N(C)C)c(C)c1. The highest BCUT2D eigenvalue weighted by Gasteiger charge is 2.20. The molecule has 2 rings (SSSR count). The molecular formula is C16H27N3. The van der Waals surface area contributed by atoms with E-state index in [0.29, 0.717) is 6.04 Å². The molecule has 106 valence electrons. The van der Waals surface area contributed by atoms with Gasteiger partial charge in [-0.3, -0.25) is 4.90 Å². The van der Waals surface area contributed by atoms with Crippen LogP contribution in [0.25, 0.3) is 0 Å². The highest BCUT2D eigenvalue weighted by Crippen LogP contribution is 2.24. The lowest BCUT2D eigenvalue weighted by molar-refractivity contribution is 0.168. The second-order valence-electron chi connectivity index (χ2n) is 5.89. The Kier molecular flexibility index (Phi) is 4.97. The Hall–Kier alpha value is -0.900. The Balaban J connectivity index is 2.14. The lowest BCUT2D eigenvalue weighted by Crippen LogP contribution is -2.46. The van der Waals surface area contributed by atoms with Crippen LogP contribution in [0.4, 0.5) is 0 Å². The quantitative estimate of drug-likeness (QED) is 0.892. The number of nitrogens with zero attached hydrogens (tertiary/aromatic N) is 2. The normalized spacial score (nSPS) is 18.8. The van der Waals surface area contributed by atoms with Gasteiger partial charge in [-0.1, -0.05) is 23.8 Å². The van der Waals surface area contributed by atoms with E-state index in [1.165, 1.54) is 16.7 Å². The van der Waals surface area contributed by atoms with Crippen LogP contribution in [-0.2, 0) is 0 Å². The van der Waals surface area contributed by atoms with Crippen LogP contribution >= 0.6 is 0 Å². The van der Waals surface area contributed by atoms with E-state index in [2.05, 4.69) is 61.3 Å². The van der Waals surface area contributed by atoms with Gasteiger partial charge in [-0.25, -0.2) is 0 Å². The van der Waals surface area contributed by atoms with Crippen molar-refractivity contribution in [1.82, 2.24) is 15.1 Å². The molecule has 0 aliphatic carbocycles. The van der Waals surface area contributed by atoms with Gasteiger partial charge in [-0.15, -0.1) is 0 Å². The Bertz CT molecular complexity index is 408. The van der Waals surface area contributed by atoms with Crippen molar-refractivity contribution in [3.63, 3.8) is 0 Å². The lowest BCUT2D eigenvalue weighted by Gasteiger charge is -2.34. The number of piperazine rings is 1. The van der Waals surface area contributed by atoms with E-state index in [-0.39, 0.29) is 0 Å². The molecule has 0 aromatic heterocycles. The molecule has 0 radical (unpaired) electrons. The number of likely N-dealkylation sites (N-methyl/N-ethyl adjacent to an activating group) is 1. The van der Waals surface area contributed by atoms with E-state index in [1.807, 2.05) is 0 Å². The van der Waals surface area contributed by atoms with E-state index < -0.39 is 0 Å². The number of hydrogen-bond donors (Lipinski definition) is 1. The zero-order valence-electron chi connectivity index (χ0n) is 12.7. The second kappa shape index (κ2) is 6.51. The fraction of sp³-hybridized carbons (Fsp3) is 0.625. The van der Waals surface area contributed by atoms with Gasteiger partial charge in [0.1, 0.15) is 0 Å². The molecule has 1 aliphatic heterocycles. The molecule has 1 fully saturated rings. The average molecular weight is 261 g/mol. The van der Waals surface area contributed by atoms with E-state index in [1.54, 1.807) is 0 Å². The molecule has 0 bridgehead atoms. The molecule has 1 atom stereocenters. The van der Waals surface area contributed by atoms with Crippen LogP contribution in [0.15, 0.2) is 18.2 Å². The van der Waals surface area contributed by atoms with Gasteiger partial charge in [0.15, 0.2) is 0 Å². The predicted octanol–water partition coefficient (Wildman–Crippen LogP) is 1.81. The number of rotatable bonds is 4. The summed E-state index contributed by atoms with van der Waals surface area (Å²) in [4.78, 5) is 4.92. The van der Waals surface area contributed by atoms with Crippen LogP contribution in [-0.4, -0.2) is 56.6 Å². The van der Waals surface area contributed by atoms with Crippen molar-refractivity contribution in [3.05, 3.63) is 34.9 Å². The van der Waals surface area contributed by atoms with Crippen molar-refractivity contribution in [2.45, 2.75) is 19.9 Å². The minimum atomic E-state index is 0.485. The van der Waals surface area contributed by atoms with Crippen LogP contribution in [0.3, 0.4) is 0 Å². The highest BCUT2D eigenvalue weighted by atomic mass is 15.2. The summed E-state index contributed by atoms with van der Waals surface area (Å²) in [5.74, 6) is 0. The molecule has 1 unspecified atom stereocenters. The summed E-state index contributed by atoms with van der Waals surface area (Å²) < 4.78 is 0. The van der Waals surface area contributed by atoms with Crippen LogP contribution in [0, 0.1) is 13.8 Å². The molecule has 1 N–H and O–H groups in total. The summed E-state index contributed by atoms with van der Waals surface area (Å²) in [6, 6.07) is 7.32. The Morgan fingerprint density at radius 2 is 1.89 bits per heavy atom. The fourth-order valence-corrected chi connectivity index (χ4v) is 2.88. The third kappa shape index (κ3) is 3.78. The maximum atomic E-state index is 3.42. The van der Waals surface area contributed by atoms with Gasteiger partial charge in [0.2, 0.25) is 0 Å². The molecule has 1 aromatic rings. The Labute approximate surface area is 117 Å². The summed E-state index contributed by atoms with van der Waals surface area (Å²) >= 11 is 0. The van der Waals surface area contributed by atoms with Crippen LogP contribution in [0.5, 0.6) is 0 Å². The van der Waals surface area contributed by atoms with Gasteiger partial charge < -0.3 is 10.2 Å². The van der Waals surface area contributed by atoms with E-state index in [0.717, 1.165) is 32.7 Å². The van der Waals surface area contributed by atoms with Crippen molar-refractivity contribution in [2.75, 3.05) is 46.8 Å². The molecule has 1 aliphatic rings. The summed E-state index contributed by atoms with van der Waals surface area (Å²) in [7, 11) is 4.37. The van der Waals surface area contributed by atoms with Gasteiger partial charge in [-0.05, 0) is 39.1 Å². The van der Waals surface area contributed by atoms with Crippen molar-refractivity contribution in [2.24, 2.45) is 0 Å². The molecule has 3 nitrogen and oxygen atoms in total. The zero-order valence-corrected chi connectivity index (χ0v) is 12.7. The molecule has 0 amide bonds. The van der Waals surface area contributed by atoms with Gasteiger partial charge in [0.05, 0.1) is 0 Å². The first-order chi connectivity index (χ1) is 9.08. The number of benzene rings is 1. The number of aryl methyl sites for hydroxylation is 2. The van der Waals surface area contributed by atoms with Crippen LogP contribution in [0.1, 0.15) is 22.7 Å². The highest BCUT2D eigenvalue weighted by molar-refractivity contribution is 5.33. The van der Waals surface area contributed by atoms with E-state index in [9.17, 15) is 0 Å². The van der Waals surface area contributed by atoms with Crippen molar-refractivity contribution in [1.29, 1.82) is 0 Å². The predicted molar refractivity (Wildman–Crippen MR) is 81.7 cm³/mol. The van der Waals surface area contributed by atoms with Crippen molar-refractivity contribution >= 4 is 0 Å². The minimum absolute atomic E-state index is 0.485. The summed E-state index contributed by atoms with van der Waals surface area (Å²) in [5.41, 5.74) is 4.23. The molecule has 19 heavy (non-hydrogen) atoms. The zero-order chi connectivity index (χ0) is 13.8. The third-order valence-electron chi connectivity index (χ3n) is 4.05. The monoisotopic (exact) mass is 261 g/mol. The third-order valence-corrected chi connectivity index (χ3v) is 4.05. The van der Waals surface area contributed by atoms with Gasteiger partial charge >= 0.3 is 0 Å².